The van der Waals surface area contributed by atoms with Crippen molar-refractivity contribution < 1.29 is 0 Å². The lowest BCUT2D eigenvalue weighted by atomic mass is 10.1. The number of hydrogen-bond donors (Lipinski definition) is 0. The molecule has 0 N–H and O–H groups in total. The van der Waals surface area contributed by atoms with Crippen LogP contribution in [0.4, 0.5) is 0 Å². The van der Waals surface area contributed by atoms with E-state index in [0.29, 0.717) is 0 Å². The average molecular weight is 212 g/mol. The second-order valence-corrected chi connectivity index (χ2v) is 3.85. The summed E-state index contributed by atoms with van der Waals surface area (Å²) in [6, 6.07) is 9.64. The summed E-state index contributed by atoms with van der Waals surface area (Å²) in [5, 5.41) is 1.06. The largest absolute Gasteiger partial charge is 0.256 e. The first-order chi connectivity index (χ1) is 6.27. The number of halogens is 2. The molecule has 0 fully saturated rings. The Labute approximate surface area is 86.3 Å². The molecule has 0 radical (unpaired) electrons. The van der Waals surface area contributed by atoms with E-state index in [4.69, 9.17) is 23.2 Å². The zero-order valence-electron chi connectivity index (χ0n) is 6.74. The van der Waals surface area contributed by atoms with Crippen molar-refractivity contribution in [1.82, 2.24) is 4.98 Å². The molecule has 1 aromatic heterocycles. The minimum absolute atomic E-state index is 0.468. The minimum Gasteiger partial charge on any atom is -0.256 e. The third-order valence-electron chi connectivity index (χ3n) is 1.88. The van der Waals surface area contributed by atoms with Crippen LogP contribution in [0.2, 0.25) is 0 Å². The fraction of sp³-hybridized carbons (Fsp3) is 0.100. The predicted octanol–water partition coefficient (Wildman–Crippen LogP) is 3.71. The number of fused-ring (bicyclic) bond motifs is 1. The molecule has 0 unspecified atom stereocenters. The lowest BCUT2D eigenvalue weighted by molar-refractivity contribution is 1.34. The van der Waals surface area contributed by atoms with Crippen LogP contribution in [0.3, 0.4) is 0 Å². The Morgan fingerprint density at radius 2 is 2.00 bits per heavy atom. The summed E-state index contributed by atoms with van der Waals surface area (Å²) in [6.07, 6.45) is 1.76. The highest BCUT2D eigenvalue weighted by atomic mass is 35.5. The van der Waals surface area contributed by atoms with Crippen molar-refractivity contribution in [2.45, 2.75) is 4.84 Å². The van der Waals surface area contributed by atoms with Gasteiger partial charge in [-0.05, 0) is 23.8 Å². The third-order valence-corrected chi connectivity index (χ3v) is 2.38. The second-order valence-electron chi connectivity index (χ2n) is 2.76. The molecule has 0 spiro atoms. The van der Waals surface area contributed by atoms with Crippen LogP contribution in [0, 0.1) is 0 Å². The summed E-state index contributed by atoms with van der Waals surface area (Å²) in [4.78, 5) is 3.73. The van der Waals surface area contributed by atoms with Crippen molar-refractivity contribution in [2.24, 2.45) is 0 Å². The van der Waals surface area contributed by atoms with Gasteiger partial charge in [-0.15, -0.1) is 23.2 Å². The maximum absolute atomic E-state index is 5.75. The van der Waals surface area contributed by atoms with Crippen LogP contribution in [0.1, 0.15) is 10.4 Å². The van der Waals surface area contributed by atoms with Crippen molar-refractivity contribution in [3.8, 4) is 0 Å². The van der Waals surface area contributed by atoms with E-state index in [2.05, 4.69) is 4.98 Å². The number of hydrogen-bond acceptors (Lipinski definition) is 1. The maximum atomic E-state index is 5.75. The predicted molar refractivity (Wildman–Crippen MR) is 56.2 cm³/mol. The van der Waals surface area contributed by atoms with Crippen LogP contribution in [0.25, 0.3) is 10.9 Å². The van der Waals surface area contributed by atoms with E-state index in [1.165, 1.54) is 0 Å². The molecule has 2 aromatic rings. The first-order valence-corrected chi connectivity index (χ1v) is 4.77. The molecular formula is C10H7Cl2N. The topological polar surface area (TPSA) is 12.9 Å². The average Bonchev–Trinajstić information content (AvgIpc) is 2.17. The van der Waals surface area contributed by atoms with Gasteiger partial charge in [-0.25, -0.2) is 0 Å². The Balaban J connectivity index is 2.62. The monoisotopic (exact) mass is 211 g/mol. The van der Waals surface area contributed by atoms with Gasteiger partial charge in [-0.2, -0.15) is 0 Å². The van der Waals surface area contributed by atoms with Gasteiger partial charge < -0.3 is 0 Å². The molecule has 1 nitrogen and oxygen atoms in total. The Hall–Kier alpha value is -0.790. The first-order valence-electron chi connectivity index (χ1n) is 3.90. The maximum Gasteiger partial charge on any atom is 0.132 e. The van der Waals surface area contributed by atoms with Gasteiger partial charge in [0.2, 0.25) is 0 Å². The van der Waals surface area contributed by atoms with Crippen LogP contribution in [-0.4, -0.2) is 4.98 Å². The Kier molecular flexibility index (Phi) is 2.38. The molecular weight excluding hydrogens is 205 g/mol. The van der Waals surface area contributed by atoms with E-state index >= 15 is 0 Å². The summed E-state index contributed by atoms with van der Waals surface area (Å²) < 4.78 is 0. The normalized spacial score (nSPS) is 11.0. The highest BCUT2D eigenvalue weighted by Crippen LogP contribution is 2.26. The highest BCUT2D eigenvalue weighted by molar-refractivity contribution is 6.44. The molecule has 0 saturated heterocycles. The third kappa shape index (κ3) is 1.77. The van der Waals surface area contributed by atoms with Gasteiger partial charge >= 0.3 is 0 Å². The number of aromatic nitrogens is 1. The van der Waals surface area contributed by atoms with Crippen molar-refractivity contribution in [3.63, 3.8) is 0 Å². The van der Waals surface area contributed by atoms with Crippen LogP contribution in [0.5, 0.6) is 0 Å². The van der Waals surface area contributed by atoms with Crippen molar-refractivity contribution >= 4 is 34.1 Å². The molecule has 1 aromatic carbocycles. The van der Waals surface area contributed by atoms with Crippen molar-refractivity contribution in [1.29, 1.82) is 0 Å². The molecule has 0 atom stereocenters. The lowest BCUT2D eigenvalue weighted by Gasteiger charge is -2.02. The van der Waals surface area contributed by atoms with Crippen LogP contribution in [-0.2, 0) is 0 Å². The van der Waals surface area contributed by atoms with Crippen LogP contribution in [0.15, 0.2) is 36.5 Å². The number of pyridine rings is 1. The molecule has 13 heavy (non-hydrogen) atoms. The summed E-state index contributed by atoms with van der Waals surface area (Å²) in [7, 11) is 0. The van der Waals surface area contributed by atoms with Crippen molar-refractivity contribution in [2.75, 3.05) is 0 Å². The number of alkyl halides is 2. The second kappa shape index (κ2) is 3.52. The lowest BCUT2D eigenvalue weighted by Crippen LogP contribution is -1.83. The van der Waals surface area contributed by atoms with E-state index in [9.17, 15) is 0 Å². The van der Waals surface area contributed by atoms with Crippen molar-refractivity contribution in [3.05, 3.63) is 42.1 Å². The molecule has 66 valence electrons. The fourth-order valence-electron chi connectivity index (χ4n) is 1.23. The Bertz CT molecular complexity index is 426. The zero-order valence-corrected chi connectivity index (χ0v) is 8.26. The molecule has 0 aliphatic rings. The molecule has 0 aliphatic heterocycles. The summed E-state index contributed by atoms with van der Waals surface area (Å²) in [5.74, 6) is 0. The summed E-state index contributed by atoms with van der Waals surface area (Å²) in [5.41, 5.74) is 1.86. The Morgan fingerprint density at radius 1 is 1.15 bits per heavy atom. The van der Waals surface area contributed by atoms with E-state index in [0.717, 1.165) is 16.5 Å². The van der Waals surface area contributed by atoms with Gasteiger partial charge in [0, 0.05) is 11.6 Å². The molecule has 2 rings (SSSR count). The SMILES string of the molecule is ClC(Cl)c1ccc2ncccc2c1. The molecule has 0 saturated carbocycles. The zero-order chi connectivity index (χ0) is 9.26. The minimum atomic E-state index is -0.468. The van der Waals surface area contributed by atoms with Gasteiger partial charge in [0.1, 0.15) is 4.84 Å². The van der Waals surface area contributed by atoms with Gasteiger partial charge in [0.25, 0.3) is 0 Å². The molecule has 1 heterocycles. The smallest absolute Gasteiger partial charge is 0.132 e. The van der Waals surface area contributed by atoms with E-state index < -0.39 is 4.84 Å². The quantitative estimate of drug-likeness (QED) is 0.656. The summed E-state index contributed by atoms with van der Waals surface area (Å²) >= 11 is 11.5. The molecule has 0 bridgehead atoms. The van der Waals surface area contributed by atoms with E-state index in [-0.39, 0.29) is 0 Å². The molecule has 3 heteroatoms. The number of benzene rings is 1. The fourth-order valence-corrected chi connectivity index (χ4v) is 1.50. The number of nitrogens with zero attached hydrogens (tertiary/aromatic N) is 1. The van der Waals surface area contributed by atoms with E-state index in [1.54, 1.807) is 6.20 Å². The standard InChI is InChI=1S/C10H7Cl2N/c11-10(12)8-3-4-9-7(6-8)2-1-5-13-9/h1-6,10H. The molecule has 0 aliphatic carbocycles. The van der Waals surface area contributed by atoms with Crippen LogP contribution < -0.4 is 0 Å². The highest BCUT2D eigenvalue weighted by Gasteiger charge is 2.03. The van der Waals surface area contributed by atoms with E-state index in [1.807, 2.05) is 30.3 Å². The van der Waals surface area contributed by atoms with Crippen LogP contribution >= 0.6 is 23.2 Å². The molecule has 0 amide bonds. The van der Waals surface area contributed by atoms with Gasteiger partial charge in [-0.1, -0.05) is 12.1 Å². The van der Waals surface area contributed by atoms with Gasteiger partial charge in [0.15, 0.2) is 0 Å². The van der Waals surface area contributed by atoms with Gasteiger partial charge in [-0.3, -0.25) is 4.98 Å². The number of rotatable bonds is 1. The Morgan fingerprint density at radius 3 is 2.77 bits per heavy atom. The first kappa shape index (κ1) is 8.79. The summed E-state index contributed by atoms with van der Waals surface area (Å²) in [6.45, 7) is 0. The van der Waals surface area contributed by atoms with Gasteiger partial charge in [0.05, 0.1) is 5.52 Å².